The van der Waals surface area contributed by atoms with Crippen LogP contribution in [0.3, 0.4) is 0 Å². The Kier molecular flexibility index (Phi) is 4.46. The fourth-order valence-electron chi connectivity index (χ4n) is 2.82. The van der Waals surface area contributed by atoms with Crippen LogP contribution < -0.4 is 10.9 Å². The van der Waals surface area contributed by atoms with E-state index in [1.165, 1.54) is 6.07 Å². The number of aromatic amines is 1. The molecular weight excluding hydrogens is 306 g/mol. The maximum Gasteiger partial charge on any atom is 0.260 e. The van der Waals surface area contributed by atoms with Gasteiger partial charge in [-0.3, -0.25) is 14.4 Å². The van der Waals surface area contributed by atoms with Gasteiger partial charge in [0.1, 0.15) is 11.6 Å². The van der Waals surface area contributed by atoms with E-state index in [1.54, 1.807) is 17.9 Å². The molecule has 1 saturated heterocycles. The number of rotatable bonds is 4. The zero-order valence-corrected chi connectivity index (χ0v) is 13.4. The Balaban J connectivity index is 1.65. The molecule has 2 heterocycles. The lowest BCUT2D eigenvalue weighted by Crippen LogP contribution is -2.42. The van der Waals surface area contributed by atoms with E-state index in [0.29, 0.717) is 25.2 Å². The quantitative estimate of drug-likeness (QED) is 0.886. The summed E-state index contributed by atoms with van der Waals surface area (Å²) in [6.45, 7) is 2.85. The van der Waals surface area contributed by atoms with Crippen molar-refractivity contribution >= 4 is 11.8 Å². The second kappa shape index (κ2) is 6.70. The lowest BCUT2D eigenvalue weighted by atomic mass is 10.2. The number of pyridine rings is 1. The minimum absolute atomic E-state index is 0.0231. The van der Waals surface area contributed by atoms with E-state index in [1.807, 2.05) is 30.3 Å². The molecular formula is C18H19N3O3. The number of hydrogen-bond donors (Lipinski definition) is 2. The number of hydrogen-bond acceptors (Lipinski definition) is 3. The fourth-order valence-corrected chi connectivity index (χ4v) is 2.82. The Bertz CT molecular complexity index is 814. The first-order valence-electron chi connectivity index (χ1n) is 7.88. The average molecular weight is 325 g/mol. The van der Waals surface area contributed by atoms with Crippen LogP contribution in [0.25, 0.3) is 0 Å². The predicted octanol–water partition coefficient (Wildman–Crippen LogP) is 1.21. The van der Waals surface area contributed by atoms with Gasteiger partial charge in [-0.25, -0.2) is 0 Å². The molecule has 2 N–H and O–H groups in total. The molecule has 6 heteroatoms. The topological polar surface area (TPSA) is 82.3 Å². The molecule has 3 rings (SSSR count). The van der Waals surface area contributed by atoms with Gasteiger partial charge in [-0.2, -0.15) is 0 Å². The van der Waals surface area contributed by atoms with Gasteiger partial charge in [0, 0.05) is 18.8 Å². The molecule has 1 atom stereocenters. The van der Waals surface area contributed by atoms with Crippen LogP contribution in [0.1, 0.15) is 28.0 Å². The normalized spacial score (nSPS) is 17.1. The summed E-state index contributed by atoms with van der Waals surface area (Å²) < 4.78 is 0. The van der Waals surface area contributed by atoms with Gasteiger partial charge in [0.2, 0.25) is 5.91 Å². The maximum atomic E-state index is 12.4. The molecule has 1 fully saturated rings. The van der Waals surface area contributed by atoms with Gasteiger partial charge >= 0.3 is 0 Å². The summed E-state index contributed by atoms with van der Waals surface area (Å²) in [5.41, 5.74) is 1.31. The molecule has 0 radical (unpaired) electrons. The van der Waals surface area contributed by atoms with Crippen molar-refractivity contribution < 1.29 is 9.59 Å². The van der Waals surface area contributed by atoms with Crippen LogP contribution in [0.5, 0.6) is 0 Å². The molecule has 1 aliphatic heterocycles. The highest BCUT2D eigenvalue weighted by Gasteiger charge is 2.33. The molecule has 2 amide bonds. The Hall–Kier alpha value is -2.89. The van der Waals surface area contributed by atoms with Crippen LogP contribution in [0.15, 0.2) is 47.3 Å². The van der Waals surface area contributed by atoms with Crippen LogP contribution in [0.4, 0.5) is 0 Å². The second-order valence-electron chi connectivity index (χ2n) is 5.94. The van der Waals surface area contributed by atoms with E-state index in [2.05, 4.69) is 10.3 Å². The van der Waals surface area contributed by atoms with Crippen molar-refractivity contribution in [2.24, 2.45) is 0 Å². The SMILES string of the molecule is Cc1ccc(C(=O)N[C@@H]2CCN(Cc3ccccc3)C2=O)c(=O)[nH]1. The number of benzene rings is 1. The Labute approximate surface area is 139 Å². The Morgan fingerprint density at radius 1 is 1.21 bits per heavy atom. The van der Waals surface area contributed by atoms with Crippen LogP contribution >= 0.6 is 0 Å². The molecule has 124 valence electrons. The number of H-pyrrole nitrogens is 1. The third-order valence-corrected chi connectivity index (χ3v) is 4.12. The van der Waals surface area contributed by atoms with Crippen LogP contribution in [-0.4, -0.2) is 34.3 Å². The molecule has 1 aromatic carbocycles. The number of aromatic nitrogens is 1. The van der Waals surface area contributed by atoms with Crippen molar-refractivity contribution in [2.75, 3.05) is 6.54 Å². The van der Waals surface area contributed by atoms with Crippen molar-refractivity contribution in [3.05, 3.63) is 69.6 Å². The number of amides is 2. The molecule has 6 nitrogen and oxygen atoms in total. The van der Waals surface area contributed by atoms with Gasteiger partial charge < -0.3 is 15.2 Å². The van der Waals surface area contributed by atoms with Gasteiger partial charge in [0.25, 0.3) is 11.5 Å². The van der Waals surface area contributed by atoms with Crippen LogP contribution in [0, 0.1) is 6.92 Å². The molecule has 1 aromatic heterocycles. The fraction of sp³-hybridized carbons (Fsp3) is 0.278. The summed E-state index contributed by atoms with van der Waals surface area (Å²) in [5.74, 6) is -0.632. The number of nitrogens with one attached hydrogen (secondary N) is 2. The summed E-state index contributed by atoms with van der Waals surface area (Å²) in [6, 6.07) is 12.3. The maximum absolute atomic E-state index is 12.4. The van der Waals surface area contributed by atoms with E-state index < -0.39 is 17.5 Å². The zero-order chi connectivity index (χ0) is 17.1. The third kappa shape index (κ3) is 3.37. The lowest BCUT2D eigenvalue weighted by Gasteiger charge is -2.17. The van der Waals surface area contributed by atoms with Gasteiger partial charge in [-0.1, -0.05) is 30.3 Å². The summed E-state index contributed by atoms with van der Waals surface area (Å²) in [5, 5.41) is 2.67. The van der Waals surface area contributed by atoms with Gasteiger partial charge in [0.15, 0.2) is 0 Å². The van der Waals surface area contributed by atoms with Gasteiger partial charge in [-0.15, -0.1) is 0 Å². The monoisotopic (exact) mass is 325 g/mol. The van der Waals surface area contributed by atoms with Crippen LogP contribution in [0.2, 0.25) is 0 Å². The van der Waals surface area contributed by atoms with Gasteiger partial charge in [-0.05, 0) is 31.0 Å². The van der Waals surface area contributed by atoms with E-state index in [9.17, 15) is 14.4 Å². The molecule has 2 aromatic rings. The standard InChI is InChI=1S/C18H19N3O3/c1-12-7-8-14(16(22)19-12)17(23)20-15-9-10-21(18(15)24)11-13-5-3-2-4-6-13/h2-8,15H,9-11H2,1H3,(H,19,22)(H,20,23)/t15-/m1/s1. The highest BCUT2D eigenvalue weighted by Crippen LogP contribution is 2.15. The van der Waals surface area contributed by atoms with Crippen molar-refractivity contribution in [1.82, 2.24) is 15.2 Å². The molecule has 1 aliphatic rings. The molecule has 24 heavy (non-hydrogen) atoms. The van der Waals surface area contributed by atoms with Crippen molar-refractivity contribution in [3.63, 3.8) is 0 Å². The van der Waals surface area contributed by atoms with E-state index in [0.717, 1.165) is 5.56 Å². The summed E-state index contributed by atoms with van der Waals surface area (Å²) in [6.07, 6.45) is 0.543. The molecule has 0 bridgehead atoms. The van der Waals surface area contributed by atoms with Crippen molar-refractivity contribution in [3.8, 4) is 0 Å². The Morgan fingerprint density at radius 3 is 2.67 bits per heavy atom. The Morgan fingerprint density at radius 2 is 1.96 bits per heavy atom. The first-order valence-corrected chi connectivity index (χ1v) is 7.88. The number of aryl methyl sites for hydroxylation is 1. The molecule has 0 aliphatic carbocycles. The predicted molar refractivity (Wildman–Crippen MR) is 89.5 cm³/mol. The third-order valence-electron chi connectivity index (χ3n) is 4.12. The first-order chi connectivity index (χ1) is 11.5. The first kappa shape index (κ1) is 16.0. The second-order valence-corrected chi connectivity index (χ2v) is 5.94. The average Bonchev–Trinajstić information content (AvgIpc) is 2.89. The highest BCUT2D eigenvalue weighted by molar-refractivity contribution is 5.97. The van der Waals surface area contributed by atoms with Crippen molar-refractivity contribution in [1.29, 1.82) is 0 Å². The number of nitrogens with zero attached hydrogens (tertiary/aromatic N) is 1. The molecule has 0 unspecified atom stereocenters. The van der Waals surface area contributed by atoms with E-state index in [4.69, 9.17) is 0 Å². The molecule has 0 spiro atoms. The van der Waals surface area contributed by atoms with Crippen molar-refractivity contribution in [2.45, 2.75) is 25.9 Å². The van der Waals surface area contributed by atoms with E-state index >= 15 is 0 Å². The zero-order valence-electron chi connectivity index (χ0n) is 13.4. The number of carbonyl (C=O) groups excluding carboxylic acids is 2. The van der Waals surface area contributed by atoms with Crippen LogP contribution in [-0.2, 0) is 11.3 Å². The number of carbonyl (C=O) groups is 2. The number of likely N-dealkylation sites (tertiary alicyclic amines) is 1. The summed E-state index contributed by atoms with van der Waals surface area (Å²) in [4.78, 5) is 40.8. The minimum atomic E-state index is -0.582. The summed E-state index contributed by atoms with van der Waals surface area (Å²) >= 11 is 0. The highest BCUT2D eigenvalue weighted by atomic mass is 16.2. The summed E-state index contributed by atoms with van der Waals surface area (Å²) in [7, 11) is 0. The van der Waals surface area contributed by atoms with Gasteiger partial charge in [0.05, 0.1) is 0 Å². The smallest absolute Gasteiger partial charge is 0.260 e. The lowest BCUT2D eigenvalue weighted by molar-refractivity contribution is -0.129. The minimum Gasteiger partial charge on any atom is -0.340 e. The molecule has 0 saturated carbocycles. The van der Waals surface area contributed by atoms with E-state index in [-0.39, 0.29) is 11.5 Å². The largest absolute Gasteiger partial charge is 0.340 e.